The first-order valence-corrected chi connectivity index (χ1v) is 8.28. The number of nitrogens with zero attached hydrogens (tertiary/aromatic N) is 5. The molecule has 0 saturated heterocycles. The van der Waals surface area contributed by atoms with Gasteiger partial charge in [0.2, 0.25) is 0 Å². The molecule has 24 heavy (non-hydrogen) atoms. The maximum absolute atomic E-state index is 12.5. The summed E-state index contributed by atoms with van der Waals surface area (Å²) in [5.41, 5.74) is 1.22. The van der Waals surface area contributed by atoms with Crippen LogP contribution in [0.4, 0.5) is 0 Å². The second-order valence-corrected chi connectivity index (χ2v) is 6.54. The van der Waals surface area contributed by atoms with E-state index in [0.717, 1.165) is 36.7 Å². The zero-order valence-electron chi connectivity index (χ0n) is 13.8. The quantitative estimate of drug-likeness (QED) is 0.797. The number of fused-ring (bicyclic) bond motifs is 2. The van der Waals surface area contributed by atoms with Crippen LogP contribution in [0.15, 0.2) is 30.6 Å². The van der Waals surface area contributed by atoms with Crippen LogP contribution in [0.25, 0.3) is 5.65 Å². The molecule has 0 unspecified atom stereocenters. The second kappa shape index (κ2) is 5.74. The number of imidazole rings is 1. The van der Waals surface area contributed by atoms with Crippen LogP contribution in [-0.2, 0) is 13.0 Å². The monoisotopic (exact) mass is 324 g/mol. The van der Waals surface area contributed by atoms with Gasteiger partial charge in [-0.2, -0.15) is 0 Å². The van der Waals surface area contributed by atoms with Crippen molar-refractivity contribution in [2.75, 3.05) is 0 Å². The largest absolute Gasteiger partial charge is 0.346 e. The zero-order chi connectivity index (χ0) is 16.7. The van der Waals surface area contributed by atoms with Gasteiger partial charge in [-0.15, -0.1) is 10.2 Å². The maximum Gasteiger partial charge on any atom is 0.271 e. The lowest BCUT2D eigenvalue weighted by atomic mass is 10.1. The SMILES string of the molecule is CC(C)c1nnc2n1C[C@H](NC(=O)c1cn3ccccc3n1)CC2. The van der Waals surface area contributed by atoms with E-state index in [1.165, 1.54) is 0 Å². The molecule has 3 aromatic heterocycles. The van der Waals surface area contributed by atoms with Gasteiger partial charge in [0, 0.05) is 37.3 Å². The van der Waals surface area contributed by atoms with Crippen molar-refractivity contribution in [1.29, 1.82) is 0 Å². The Balaban J connectivity index is 1.51. The predicted octanol–water partition coefficient (Wildman–Crippen LogP) is 1.79. The molecule has 1 N–H and O–H groups in total. The van der Waals surface area contributed by atoms with Crippen LogP contribution in [0.2, 0.25) is 0 Å². The van der Waals surface area contributed by atoms with Gasteiger partial charge in [0.15, 0.2) is 0 Å². The molecule has 0 saturated carbocycles. The van der Waals surface area contributed by atoms with Crippen LogP contribution < -0.4 is 5.32 Å². The smallest absolute Gasteiger partial charge is 0.271 e. The highest BCUT2D eigenvalue weighted by Gasteiger charge is 2.25. The molecule has 4 heterocycles. The van der Waals surface area contributed by atoms with Crippen LogP contribution in [0.5, 0.6) is 0 Å². The lowest BCUT2D eigenvalue weighted by Gasteiger charge is -2.25. The van der Waals surface area contributed by atoms with E-state index in [-0.39, 0.29) is 11.9 Å². The van der Waals surface area contributed by atoms with Crippen LogP contribution in [0.3, 0.4) is 0 Å². The highest BCUT2D eigenvalue weighted by molar-refractivity contribution is 5.93. The van der Waals surface area contributed by atoms with Crippen molar-refractivity contribution >= 4 is 11.6 Å². The summed E-state index contributed by atoms with van der Waals surface area (Å²) in [4.78, 5) is 16.9. The van der Waals surface area contributed by atoms with Crippen molar-refractivity contribution in [2.45, 2.75) is 45.2 Å². The van der Waals surface area contributed by atoms with Crippen LogP contribution in [0, 0.1) is 0 Å². The first-order chi connectivity index (χ1) is 11.6. The van der Waals surface area contributed by atoms with E-state index in [1.807, 2.05) is 28.8 Å². The molecule has 1 atom stereocenters. The van der Waals surface area contributed by atoms with Gasteiger partial charge in [-0.3, -0.25) is 4.79 Å². The van der Waals surface area contributed by atoms with Crippen LogP contribution in [-0.4, -0.2) is 36.1 Å². The van der Waals surface area contributed by atoms with E-state index in [9.17, 15) is 4.79 Å². The first-order valence-electron chi connectivity index (χ1n) is 8.28. The molecule has 1 aliphatic heterocycles. The fourth-order valence-corrected chi connectivity index (χ4v) is 3.20. The zero-order valence-corrected chi connectivity index (χ0v) is 13.8. The minimum Gasteiger partial charge on any atom is -0.346 e. The number of pyridine rings is 1. The summed E-state index contributed by atoms with van der Waals surface area (Å²) in [7, 11) is 0. The molecule has 7 nitrogen and oxygen atoms in total. The number of nitrogens with one attached hydrogen (secondary N) is 1. The van der Waals surface area contributed by atoms with Gasteiger partial charge < -0.3 is 14.3 Å². The molecule has 0 aromatic carbocycles. The fraction of sp³-hybridized carbons (Fsp3) is 0.412. The van der Waals surface area contributed by atoms with Crippen molar-refractivity contribution in [3.8, 4) is 0 Å². The van der Waals surface area contributed by atoms with Crippen molar-refractivity contribution in [3.63, 3.8) is 0 Å². The Morgan fingerprint density at radius 1 is 1.33 bits per heavy atom. The Bertz CT molecular complexity index is 861. The maximum atomic E-state index is 12.5. The molecule has 4 rings (SSSR count). The van der Waals surface area contributed by atoms with Crippen molar-refractivity contribution in [1.82, 2.24) is 29.5 Å². The minimum atomic E-state index is -0.133. The van der Waals surface area contributed by atoms with E-state index < -0.39 is 0 Å². The molecular formula is C17H20N6O. The lowest BCUT2D eigenvalue weighted by Crippen LogP contribution is -2.41. The number of hydrogen-bond donors (Lipinski definition) is 1. The summed E-state index contributed by atoms with van der Waals surface area (Å²) < 4.78 is 3.99. The Kier molecular flexibility index (Phi) is 3.55. The number of aryl methyl sites for hydroxylation is 1. The van der Waals surface area contributed by atoms with Crippen LogP contribution >= 0.6 is 0 Å². The Morgan fingerprint density at radius 3 is 3.00 bits per heavy atom. The number of hydrogen-bond acceptors (Lipinski definition) is 4. The van der Waals surface area contributed by atoms with E-state index in [0.29, 0.717) is 11.6 Å². The highest BCUT2D eigenvalue weighted by Crippen LogP contribution is 2.20. The van der Waals surface area contributed by atoms with Gasteiger partial charge in [-0.05, 0) is 18.6 Å². The standard InChI is InChI=1S/C17H20N6O/c1-11(2)16-21-20-15-7-6-12(9-23(15)16)18-17(24)13-10-22-8-4-3-5-14(22)19-13/h3-5,8,10-12H,6-7,9H2,1-2H3,(H,18,24)/t12-/m1/s1. The van der Waals surface area contributed by atoms with Gasteiger partial charge in [0.1, 0.15) is 23.0 Å². The third-order valence-corrected chi connectivity index (χ3v) is 4.42. The molecule has 1 aliphatic rings. The molecule has 124 valence electrons. The molecule has 3 aromatic rings. The second-order valence-electron chi connectivity index (χ2n) is 6.54. The van der Waals surface area contributed by atoms with E-state index in [4.69, 9.17) is 0 Å². The molecule has 0 spiro atoms. The number of aromatic nitrogens is 5. The highest BCUT2D eigenvalue weighted by atomic mass is 16.2. The third kappa shape index (κ3) is 2.55. The average Bonchev–Trinajstić information content (AvgIpc) is 3.18. The van der Waals surface area contributed by atoms with E-state index in [1.54, 1.807) is 6.20 Å². The summed E-state index contributed by atoms with van der Waals surface area (Å²) in [6.07, 6.45) is 5.35. The van der Waals surface area contributed by atoms with Crippen LogP contribution in [0.1, 0.15) is 48.3 Å². The average molecular weight is 324 g/mol. The number of amides is 1. The summed E-state index contributed by atoms with van der Waals surface area (Å²) in [6, 6.07) is 5.78. The summed E-state index contributed by atoms with van der Waals surface area (Å²) >= 11 is 0. The summed E-state index contributed by atoms with van der Waals surface area (Å²) in [5, 5.41) is 11.6. The normalized spacial score (nSPS) is 17.2. The first kappa shape index (κ1) is 14.9. The van der Waals surface area contributed by atoms with Gasteiger partial charge in [0.25, 0.3) is 5.91 Å². The molecule has 0 fully saturated rings. The number of carbonyl (C=O) groups excluding carboxylic acids is 1. The topological polar surface area (TPSA) is 77.1 Å². The lowest BCUT2D eigenvalue weighted by molar-refractivity contribution is 0.0922. The van der Waals surface area contributed by atoms with E-state index in [2.05, 4.69) is 38.9 Å². The third-order valence-electron chi connectivity index (χ3n) is 4.42. The molecule has 0 bridgehead atoms. The van der Waals surface area contributed by atoms with Gasteiger partial charge in [0.05, 0.1) is 0 Å². The Labute approximate surface area is 139 Å². The number of rotatable bonds is 3. The molecule has 7 heteroatoms. The van der Waals surface area contributed by atoms with E-state index >= 15 is 0 Å². The molecule has 0 radical (unpaired) electrons. The fourth-order valence-electron chi connectivity index (χ4n) is 3.20. The molecule has 0 aliphatic carbocycles. The predicted molar refractivity (Wildman–Crippen MR) is 88.9 cm³/mol. The summed E-state index contributed by atoms with van der Waals surface area (Å²) in [5.74, 6) is 2.18. The minimum absolute atomic E-state index is 0.0725. The van der Waals surface area contributed by atoms with Gasteiger partial charge >= 0.3 is 0 Å². The van der Waals surface area contributed by atoms with Crippen molar-refractivity contribution in [3.05, 3.63) is 47.9 Å². The van der Waals surface area contributed by atoms with Gasteiger partial charge in [-0.1, -0.05) is 19.9 Å². The Morgan fingerprint density at radius 2 is 2.21 bits per heavy atom. The molecule has 1 amide bonds. The Hall–Kier alpha value is -2.70. The number of carbonyl (C=O) groups is 1. The summed E-state index contributed by atoms with van der Waals surface area (Å²) in [6.45, 7) is 4.93. The van der Waals surface area contributed by atoms with Crippen molar-refractivity contribution < 1.29 is 4.79 Å². The van der Waals surface area contributed by atoms with Crippen molar-refractivity contribution in [2.24, 2.45) is 0 Å². The van der Waals surface area contributed by atoms with Gasteiger partial charge in [-0.25, -0.2) is 4.98 Å². The molecular weight excluding hydrogens is 304 g/mol.